The van der Waals surface area contributed by atoms with Crippen LogP contribution < -0.4 is 0 Å². The molecule has 0 saturated heterocycles. The summed E-state index contributed by atoms with van der Waals surface area (Å²) in [5, 5.41) is 0. The standard InChI is InChI=1S/C10H18O4/c1-7-5-8(12-3)10(13-4)9(14-7)6-11-2/h5,8-10H,6H2,1-4H3. The molecule has 0 amide bonds. The van der Waals surface area contributed by atoms with E-state index in [-0.39, 0.29) is 18.3 Å². The fourth-order valence-corrected chi connectivity index (χ4v) is 1.66. The molecule has 0 aromatic rings. The third-order valence-electron chi connectivity index (χ3n) is 2.30. The van der Waals surface area contributed by atoms with Crippen molar-refractivity contribution in [2.45, 2.75) is 25.2 Å². The van der Waals surface area contributed by atoms with Gasteiger partial charge in [-0.2, -0.15) is 0 Å². The fraction of sp³-hybridized carbons (Fsp3) is 0.800. The average molecular weight is 202 g/mol. The highest BCUT2D eigenvalue weighted by molar-refractivity contribution is 5.05. The van der Waals surface area contributed by atoms with Gasteiger partial charge in [0, 0.05) is 21.3 Å². The van der Waals surface area contributed by atoms with Crippen LogP contribution in [0.5, 0.6) is 0 Å². The molecular formula is C10H18O4. The topological polar surface area (TPSA) is 36.9 Å². The molecule has 0 N–H and O–H groups in total. The summed E-state index contributed by atoms with van der Waals surface area (Å²) >= 11 is 0. The fourth-order valence-electron chi connectivity index (χ4n) is 1.66. The third-order valence-corrected chi connectivity index (χ3v) is 2.30. The maximum Gasteiger partial charge on any atom is 0.150 e. The molecule has 0 saturated carbocycles. The summed E-state index contributed by atoms with van der Waals surface area (Å²) in [6, 6.07) is 0. The summed E-state index contributed by atoms with van der Waals surface area (Å²) in [4.78, 5) is 0. The zero-order valence-corrected chi connectivity index (χ0v) is 9.15. The minimum Gasteiger partial charge on any atom is -0.490 e. The second-order valence-corrected chi connectivity index (χ2v) is 3.29. The first-order valence-electron chi connectivity index (χ1n) is 4.62. The van der Waals surface area contributed by atoms with Gasteiger partial charge in [0.05, 0.1) is 12.4 Å². The molecule has 1 aliphatic heterocycles. The van der Waals surface area contributed by atoms with Crippen molar-refractivity contribution in [2.24, 2.45) is 0 Å². The van der Waals surface area contributed by atoms with Gasteiger partial charge in [-0.25, -0.2) is 0 Å². The molecule has 0 aromatic carbocycles. The lowest BCUT2D eigenvalue weighted by Crippen LogP contribution is -2.45. The number of rotatable bonds is 4. The summed E-state index contributed by atoms with van der Waals surface area (Å²) in [7, 11) is 4.96. The Kier molecular flexibility index (Phi) is 4.38. The van der Waals surface area contributed by atoms with Gasteiger partial charge in [-0.1, -0.05) is 0 Å². The SMILES string of the molecule is COCC1OC(C)=CC(OC)C1OC. The summed E-state index contributed by atoms with van der Waals surface area (Å²) < 4.78 is 21.3. The van der Waals surface area contributed by atoms with Gasteiger partial charge in [-0.15, -0.1) is 0 Å². The number of hydrogen-bond donors (Lipinski definition) is 0. The minimum absolute atomic E-state index is 0.0612. The van der Waals surface area contributed by atoms with E-state index in [9.17, 15) is 0 Å². The van der Waals surface area contributed by atoms with Crippen LogP contribution in [-0.4, -0.2) is 46.2 Å². The number of allylic oxidation sites excluding steroid dienone is 1. The molecular weight excluding hydrogens is 184 g/mol. The van der Waals surface area contributed by atoms with E-state index in [0.29, 0.717) is 6.61 Å². The van der Waals surface area contributed by atoms with Crippen molar-refractivity contribution < 1.29 is 18.9 Å². The van der Waals surface area contributed by atoms with Gasteiger partial charge in [0.15, 0.2) is 6.10 Å². The first-order chi connectivity index (χ1) is 6.72. The highest BCUT2D eigenvalue weighted by Gasteiger charge is 2.34. The maximum absolute atomic E-state index is 5.59. The Morgan fingerprint density at radius 2 is 2.00 bits per heavy atom. The number of ether oxygens (including phenoxy) is 4. The molecule has 0 spiro atoms. The van der Waals surface area contributed by atoms with E-state index in [1.54, 1.807) is 21.3 Å². The lowest BCUT2D eigenvalue weighted by molar-refractivity contribution is -0.121. The van der Waals surface area contributed by atoms with Crippen LogP contribution in [0.25, 0.3) is 0 Å². The van der Waals surface area contributed by atoms with Gasteiger partial charge >= 0.3 is 0 Å². The second kappa shape index (κ2) is 5.34. The van der Waals surface area contributed by atoms with E-state index in [2.05, 4.69) is 0 Å². The van der Waals surface area contributed by atoms with Gasteiger partial charge in [-0.05, 0) is 13.0 Å². The van der Waals surface area contributed by atoms with E-state index in [0.717, 1.165) is 5.76 Å². The van der Waals surface area contributed by atoms with E-state index in [1.807, 2.05) is 13.0 Å². The van der Waals surface area contributed by atoms with Crippen LogP contribution in [0.1, 0.15) is 6.92 Å². The Morgan fingerprint density at radius 3 is 2.50 bits per heavy atom. The molecule has 0 aromatic heterocycles. The lowest BCUT2D eigenvalue weighted by atomic mass is 10.0. The highest BCUT2D eigenvalue weighted by Crippen LogP contribution is 2.22. The van der Waals surface area contributed by atoms with E-state index in [1.165, 1.54) is 0 Å². The van der Waals surface area contributed by atoms with Crippen molar-refractivity contribution >= 4 is 0 Å². The van der Waals surface area contributed by atoms with Crippen LogP contribution in [0, 0.1) is 0 Å². The first-order valence-corrected chi connectivity index (χ1v) is 4.62. The first kappa shape index (κ1) is 11.5. The molecule has 1 rings (SSSR count). The predicted octanol–water partition coefficient (Wildman–Crippen LogP) is 0.965. The highest BCUT2D eigenvalue weighted by atomic mass is 16.6. The Morgan fingerprint density at radius 1 is 1.29 bits per heavy atom. The number of methoxy groups -OCH3 is 3. The Bertz CT molecular complexity index is 202. The van der Waals surface area contributed by atoms with E-state index < -0.39 is 0 Å². The van der Waals surface area contributed by atoms with Crippen molar-refractivity contribution in [1.82, 2.24) is 0 Å². The maximum atomic E-state index is 5.59. The quantitative estimate of drug-likeness (QED) is 0.680. The lowest BCUT2D eigenvalue weighted by Gasteiger charge is -2.34. The van der Waals surface area contributed by atoms with Crippen LogP contribution in [0.3, 0.4) is 0 Å². The molecule has 3 unspecified atom stereocenters. The molecule has 3 atom stereocenters. The molecule has 0 fully saturated rings. The molecule has 82 valence electrons. The largest absolute Gasteiger partial charge is 0.490 e. The Hall–Kier alpha value is -0.580. The second-order valence-electron chi connectivity index (χ2n) is 3.29. The summed E-state index contributed by atoms with van der Waals surface area (Å²) in [5.41, 5.74) is 0. The normalized spacial score (nSPS) is 32.3. The molecule has 1 heterocycles. The van der Waals surface area contributed by atoms with Crippen molar-refractivity contribution in [3.8, 4) is 0 Å². The molecule has 1 aliphatic rings. The predicted molar refractivity (Wildman–Crippen MR) is 52.1 cm³/mol. The van der Waals surface area contributed by atoms with Crippen LogP contribution in [0.4, 0.5) is 0 Å². The Balaban J connectivity index is 2.72. The van der Waals surface area contributed by atoms with E-state index in [4.69, 9.17) is 18.9 Å². The van der Waals surface area contributed by atoms with Crippen LogP contribution in [0.2, 0.25) is 0 Å². The van der Waals surface area contributed by atoms with E-state index >= 15 is 0 Å². The summed E-state index contributed by atoms with van der Waals surface area (Å²) in [5.74, 6) is 0.854. The third kappa shape index (κ3) is 2.47. The number of hydrogen-bond acceptors (Lipinski definition) is 4. The van der Waals surface area contributed by atoms with Crippen molar-refractivity contribution in [1.29, 1.82) is 0 Å². The van der Waals surface area contributed by atoms with Crippen LogP contribution >= 0.6 is 0 Å². The molecule has 0 radical (unpaired) electrons. The zero-order valence-electron chi connectivity index (χ0n) is 9.15. The zero-order chi connectivity index (χ0) is 10.6. The smallest absolute Gasteiger partial charge is 0.150 e. The van der Waals surface area contributed by atoms with Gasteiger partial charge in [0.25, 0.3) is 0 Å². The molecule has 0 aliphatic carbocycles. The minimum atomic E-state index is -0.108. The molecule has 0 bridgehead atoms. The van der Waals surface area contributed by atoms with Crippen molar-refractivity contribution in [3.05, 3.63) is 11.8 Å². The van der Waals surface area contributed by atoms with Crippen molar-refractivity contribution in [3.63, 3.8) is 0 Å². The van der Waals surface area contributed by atoms with Gasteiger partial charge in [0.1, 0.15) is 12.2 Å². The molecule has 4 heteroatoms. The van der Waals surface area contributed by atoms with Crippen molar-refractivity contribution in [2.75, 3.05) is 27.9 Å². The van der Waals surface area contributed by atoms with Gasteiger partial charge in [0.2, 0.25) is 0 Å². The summed E-state index contributed by atoms with van der Waals surface area (Å²) in [6.45, 7) is 2.41. The monoisotopic (exact) mass is 202 g/mol. The Labute approximate surface area is 84.8 Å². The molecule has 4 nitrogen and oxygen atoms in total. The van der Waals surface area contributed by atoms with Gasteiger partial charge < -0.3 is 18.9 Å². The average Bonchev–Trinajstić information content (AvgIpc) is 2.17. The van der Waals surface area contributed by atoms with Crippen LogP contribution in [-0.2, 0) is 18.9 Å². The molecule has 14 heavy (non-hydrogen) atoms. The van der Waals surface area contributed by atoms with Crippen LogP contribution in [0.15, 0.2) is 11.8 Å². The van der Waals surface area contributed by atoms with Gasteiger partial charge in [-0.3, -0.25) is 0 Å². The summed E-state index contributed by atoms with van der Waals surface area (Å²) in [6.07, 6.45) is 1.65.